The van der Waals surface area contributed by atoms with Gasteiger partial charge in [0.15, 0.2) is 0 Å². The summed E-state index contributed by atoms with van der Waals surface area (Å²) in [6.07, 6.45) is 0. The molecule has 0 aliphatic carbocycles. The third-order valence-corrected chi connectivity index (χ3v) is 3.27. The monoisotopic (exact) mass is 309 g/mol. The van der Waals surface area contributed by atoms with Crippen LogP contribution >= 0.6 is 23.2 Å². The quantitative estimate of drug-likeness (QED) is 0.831. The Morgan fingerprint density at radius 3 is 2.40 bits per heavy atom. The molecule has 0 fully saturated rings. The van der Waals surface area contributed by atoms with Crippen LogP contribution in [0.4, 0.5) is 21.9 Å². The lowest BCUT2D eigenvalue weighted by Gasteiger charge is -2.36. The molecule has 102 valence electrons. The number of hydrogen-bond acceptors (Lipinski definition) is 3. The number of halogens is 2. The molecule has 2 amide bonds. The maximum atomic E-state index is 12.1. The Labute approximate surface area is 124 Å². The van der Waals surface area contributed by atoms with Gasteiger partial charge in [0.05, 0.1) is 11.4 Å². The van der Waals surface area contributed by atoms with E-state index in [9.17, 15) is 10.0 Å². The van der Waals surface area contributed by atoms with Crippen LogP contribution in [0.5, 0.6) is 0 Å². The van der Waals surface area contributed by atoms with E-state index in [0.29, 0.717) is 27.1 Å². The molecule has 1 aliphatic rings. The Hall–Kier alpha value is -1.95. The summed E-state index contributed by atoms with van der Waals surface area (Å²) in [7, 11) is 0. The fourth-order valence-corrected chi connectivity index (χ4v) is 2.52. The van der Waals surface area contributed by atoms with Gasteiger partial charge < -0.3 is 5.32 Å². The van der Waals surface area contributed by atoms with Gasteiger partial charge in [0.1, 0.15) is 5.69 Å². The van der Waals surface area contributed by atoms with Crippen molar-refractivity contribution in [1.29, 1.82) is 0 Å². The number of nitrogens with one attached hydrogen (secondary N) is 1. The highest BCUT2D eigenvalue weighted by Crippen LogP contribution is 2.34. The molecule has 0 aromatic heterocycles. The van der Waals surface area contributed by atoms with Crippen molar-refractivity contribution in [3.05, 3.63) is 52.5 Å². The normalized spacial score (nSPS) is 14.1. The lowest BCUT2D eigenvalue weighted by Crippen LogP contribution is -2.51. The van der Waals surface area contributed by atoms with Crippen molar-refractivity contribution in [2.75, 3.05) is 15.5 Å². The first-order chi connectivity index (χ1) is 9.56. The number of para-hydroxylation sites is 2. The number of benzene rings is 2. The molecule has 2 aromatic rings. The van der Waals surface area contributed by atoms with Gasteiger partial charge in [-0.2, -0.15) is 10.2 Å². The lowest BCUT2D eigenvalue weighted by molar-refractivity contribution is 0.221. The number of hydrazine groups is 1. The van der Waals surface area contributed by atoms with Crippen molar-refractivity contribution < 1.29 is 10.0 Å². The van der Waals surface area contributed by atoms with Crippen molar-refractivity contribution in [1.82, 2.24) is 0 Å². The van der Waals surface area contributed by atoms with E-state index in [2.05, 4.69) is 5.32 Å². The van der Waals surface area contributed by atoms with Crippen molar-refractivity contribution in [3.8, 4) is 0 Å². The molecule has 5 nitrogen and oxygen atoms in total. The number of urea groups is 1. The molecule has 0 unspecified atom stereocenters. The van der Waals surface area contributed by atoms with Crippen LogP contribution < -0.4 is 15.5 Å². The Bertz CT molecular complexity index is 673. The van der Waals surface area contributed by atoms with E-state index in [0.717, 1.165) is 10.2 Å². The average molecular weight is 310 g/mol. The molecule has 0 bridgehead atoms. The molecule has 0 saturated heterocycles. The molecule has 20 heavy (non-hydrogen) atoms. The minimum absolute atomic E-state index is 0.358. The van der Waals surface area contributed by atoms with Crippen LogP contribution in [0.15, 0.2) is 42.5 Å². The van der Waals surface area contributed by atoms with Crippen LogP contribution in [-0.4, -0.2) is 11.2 Å². The first-order valence-corrected chi connectivity index (χ1v) is 6.47. The topological polar surface area (TPSA) is 55.8 Å². The van der Waals surface area contributed by atoms with E-state index in [1.165, 1.54) is 12.1 Å². The van der Waals surface area contributed by atoms with Crippen molar-refractivity contribution in [3.63, 3.8) is 0 Å². The second-order valence-electron chi connectivity index (χ2n) is 4.18. The number of carbonyl (C=O) groups excluding carboxylic acids is 1. The SMILES string of the molecule is O=C1Nc2ccccc2N(O)N1c1cc(Cl)cc(Cl)c1. The Morgan fingerprint density at radius 1 is 1.05 bits per heavy atom. The minimum atomic E-state index is -0.510. The first-order valence-electron chi connectivity index (χ1n) is 5.71. The molecular weight excluding hydrogens is 301 g/mol. The van der Waals surface area contributed by atoms with Gasteiger partial charge in [-0.05, 0) is 30.3 Å². The second kappa shape index (κ2) is 4.86. The van der Waals surface area contributed by atoms with Gasteiger partial charge >= 0.3 is 6.03 Å². The molecule has 7 heteroatoms. The fourth-order valence-electron chi connectivity index (χ4n) is 2.00. The smallest absolute Gasteiger partial charge is 0.304 e. The van der Waals surface area contributed by atoms with Crippen molar-refractivity contribution >= 4 is 46.3 Å². The number of nitrogens with zero attached hydrogens (tertiary/aromatic N) is 2. The summed E-state index contributed by atoms with van der Waals surface area (Å²) in [4.78, 5) is 12.1. The van der Waals surface area contributed by atoms with Crippen LogP contribution in [-0.2, 0) is 0 Å². The van der Waals surface area contributed by atoms with Gasteiger partial charge in [0.2, 0.25) is 0 Å². The zero-order valence-electron chi connectivity index (χ0n) is 10.0. The molecule has 2 N–H and O–H groups in total. The average Bonchev–Trinajstić information content (AvgIpc) is 2.37. The second-order valence-corrected chi connectivity index (χ2v) is 5.05. The molecule has 0 atom stereocenters. The summed E-state index contributed by atoms with van der Waals surface area (Å²) >= 11 is 11.8. The van der Waals surface area contributed by atoms with Gasteiger partial charge in [-0.1, -0.05) is 35.3 Å². The van der Waals surface area contributed by atoms with E-state index in [-0.39, 0.29) is 0 Å². The van der Waals surface area contributed by atoms with Crippen molar-refractivity contribution in [2.24, 2.45) is 0 Å². The molecular formula is C13H9Cl2N3O2. The van der Waals surface area contributed by atoms with Gasteiger partial charge in [0.25, 0.3) is 0 Å². The highest BCUT2D eigenvalue weighted by molar-refractivity contribution is 6.35. The summed E-state index contributed by atoms with van der Waals surface area (Å²) in [6.45, 7) is 0. The van der Waals surface area contributed by atoms with E-state index in [1.54, 1.807) is 30.3 Å². The predicted molar refractivity (Wildman–Crippen MR) is 78.7 cm³/mol. The number of rotatable bonds is 1. The lowest BCUT2D eigenvalue weighted by atomic mass is 10.2. The van der Waals surface area contributed by atoms with Crippen LogP contribution in [0.3, 0.4) is 0 Å². The number of fused-ring (bicyclic) bond motifs is 1. The molecule has 0 saturated carbocycles. The van der Waals surface area contributed by atoms with Crippen molar-refractivity contribution in [2.45, 2.75) is 0 Å². The highest BCUT2D eigenvalue weighted by Gasteiger charge is 2.30. The Kier molecular flexibility index (Phi) is 3.17. The summed E-state index contributed by atoms with van der Waals surface area (Å²) in [5.41, 5.74) is 1.32. The summed E-state index contributed by atoms with van der Waals surface area (Å²) in [6, 6.07) is 11.0. The number of amides is 2. The Balaban J connectivity index is 2.08. The molecule has 2 aromatic carbocycles. The third kappa shape index (κ3) is 2.16. The molecule has 3 rings (SSSR count). The van der Waals surface area contributed by atoms with Crippen LogP contribution in [0, 0.1) is 0 Å². The maximum absolute atomic E-state index is 12.1. The van der Waals surface area contributed by atoms with E-state index >= 15 is 0 Å². The molecule has 1 heterocycles. The van der Waals surface area contributed by atoms with Gasteiger partial charge in [-0.3, -0.25) is 5.21 Å². The van der Waals surface area contributed by atoms with Gasteiger partial charge in [0, 0.05) is 10.0 Å². The van der Waals surface area contributed by atoms with Gasteiger partial charge in [-0.15, -0.1) is 0 Å². The number of anilines is 3. The molecule has 1 aliphatic heterocycles. The summed E-state index contributed by atoms with van der Waals surface area (Å²) in [5, 5.41) is 15.5. The predicted octanol–water partition coefficient (Wildman–Crippen LogP) is 4.16. The summed E-state index contributed by atoms with van der Waals surface area (Å²) < 4.78 is 0. The zero-order valence-corrected chi connectivity index (χ0v) is 11.6. The Morgan fingerprint density at radius 2 is 1.70 bits per heavy atom. The van der Waals surface area contributed by atoms with Crippen LogP contribution in [0.1, 0.15) is 0 Å². The van der Waals surface area contributed by atoms with E-state index < -0.39 is 6.03 Å². The standard InChI is InChI=1S/C13H9Cl2N3O2/c14-8-5-9(15)7-10(6-8)17-13(19)16-11-3-1-2-4-12(11)18(17)20/h1-7,20H,(H,16,19). The van der Waals surface area contributed by atoms with E-state index in [4.69, 9.17) is 23.2 Å². The zero-order chi connectivity index (χ0) is 14.3. The minimum Gasteiger partial charge on any atom is -0.304 e. The summed E-state index contributed by atoms with van der Waals surface area (Å²) in [5.74, 6) is 0. The number of carbonyl (C=O) groups is 1. The third-order valence-electron chi connectivity index (χ3n) is 2.83. The fraction of sp³-hybridized carbons (Fsp3) is 0. The highest BCUT2D eigenvalue weighted by atomic mass is 35.5. The van der Waals surface area contributed by atoms with E-state index in [1.807, 2.05) is 0 Å². The maximum Gasteiger partial charge on any atom is 0.347 e. The first kappa shape index (κ1) is 13.1. The molecule has 0 spiro atoms. The largest absolute Gasteiger partial charge is 0.347 e. The molecule has 0 radical (unpaired) electrons. The van der Waals surface area contributed by atoms with Crippen LogP contribution in [0.2, 0.25) is 10.0 Å². The van der Waals surface area contributed by atoms with Gasteiger partial charge in [-0.25, -0.2) is 4.79 Å². The van der Waals surface area contributed by atoms with Crippen LogP contribution in [0.25, 0.3) is 0 Å². The number of hydrogen-bond donors (Lipinski definition) is 2.